The van der Waals surface area contributed by atoms with Gasteiger partial charge in [-0.25, -0.2) is 4.98 Å². The zero-order valence-electron chi connectivity index (χ0n) is 11.7. The number of nitrogens with two attached hydrogens (primary N) is 1. The first-order valence-electron chi connectivity index (χ1n) is 7.21. The van der Waals surface area contributed by atoms with Crippen molar-refractivity contribution in [1.29, 1.82) is 0 Å². The van der Waals surface area contributed by atoms with E-state index in [-0.39, 0.29) is 0 Å². The van der Waals surface area contributed by atoms with Crippen molar-refractivity contribution in [3.8, 4) is 0 Å². The van der Waals surface area contributed by atoms with E-state index in [9.17, 15) is 0 Å². The Kier molecular flexibility index (Phi) is 3.81. The van der Waals surface area contributed by atoms with Gasteiger partial charge >= 0.3 is 0 Å². The summed E-state index contributed by atoms with van der Waals surface area (Å²) >= 11 is 6.35. The minimum Gasteiger partial charge on any atom is -0.367 e. The molecule has 3 rings (SSSR count). The molecule has 1 aromatic heterocycles. The van der Waals surface area contributed by atoms with Gasteiger partial charge in [0.05, 0.1) is 10.5 Å². The maximum Gasteiger partial charge on any atom is 0.126 e. The molecule has 0 atom stereocenters. The molecule has 0 unspecified atom stereocenters. The molecule has 3 nitrogen and oxygen atoms in total. The Bertz CT molecular complexity index is 618. The van der Waals surface area contributed by atoms with Gasteiger partial charge in [-0.15, -0.1) is 0 Å². The Morgan fingerprint density at radius 3 is 2.60 bits per heavy atom. The molecule has 3 N–H and O–H groups in total. The smallest absolute Gasteiger partial charge is 0.126 e. The molecule has 4 heteroatoms. The van der Waals surface area contributed by atoms with Crippen LogP contribution in [0.25, 0.3) is 10.9 Å². The van der Waals surface area contributed by atoms with Gasteiger partial charge in [0.1, 0.15) is 5.82 Å². The molecule has 0 aliphatic heterocycles. The molecule has 0 saturated heterocycles. The van der Waals surface area contributed by atoms with Gasteiger partial charge in [-0.1, -0.05) is 23.7 Å². The van der Waals surface area contributed by atoms with Crippen LogP contribution in [0.5, 0.6) is 0 Å². The first kappa shape index (κ1) is 13.7. The highest BCUT2D eigenvalue weighted by Crippen LogP contribution is 2.27. The highest BCUT2D eigenvalue weighted by Gasteiger charge is 2.18. The predicted octanol–water partition coefficient (Wildman–Crippen LogP) is 3.88. The van der Waals surface area contributed by atoms with E-state index in [0.717, 1.165) is 53.0 Å². The monoisotopic (exact) mass is 289 g/mol. The van der Waals surface area contributed by atoms with E-state index in [2.05, 4.69) is 22.4 Å². The van der Waals surface area contributed by atoms with Gasteiger partial charge in [0.2, 0.25) is 0 Å². The van der Waals surface area contributed by atoms with Crippen LogP contribution >= 0.6 is 11.6 Å². The molecule has 1 fully saturated rings. The second-order valence-electron chi connectivity index (χ2n) is 5.72. The maximum atomic E-state index is 6.35. The number of hydrogen-bond donors (Lipinski definition) is 2. The van der Waals surface area contributed by atoms with Gasteiger partial charge in [-0.3, -0.25) is 0 Å². The number of hydrogen-bond acceptors (Lipinski definition) is 3. The molecule has 0 bridgehead atoms. The van der Waals surface area contributed by atoms with Gasteiger partial charge in [0, 0.05) is 17.5 Å². The summed E-state index contributed by atoms with van der Waals surface area (Å²) in [5.74, 6) is 0.908. The van der Waals surface area contributed by atoms with Crippen LogP contribution in [0.2, 0.25) is 5.02 Å². The second-order valence-corrected chi connectivity index (χ2v) is 6.10. The molecule has 1 aliphatic carbocycles. The largest absolute Gasteiger partial charge is 0.367 e. The Balaban J connectivity index is 1.83. The molecule has 1 heterocycles. The highest BCUT2D eigenvalue weighted by atomic mass is 35.5. The van der Waals surface area contributed by atoms with Crippen molar-refractivity contribution >= 4 is 28.3 Å². The zero-order chi connectivity index (χ0) is 14.1. The van der Waals surface area contributed by atoms with Crippen molar-refractivity contribution in [3.05, 3.63) is 34.9 Å². The molecule has 1 aliphatic rings. The number of fused-ring (bicyclic) bond motifs is 1. The molecule has 0 radical (unpaired) electrons. The first-order chi connectivity index (χ1) is 9.63. The molecular weight excluding hydrogens is 270 g/mol. The van der Waals surface area contributed by atoms with E-state index < -0.39 is 0 Å². The van der Waals surface area contributed by atoms with E-state index in [4.69, 9.17) is 17.3 Å². The second kappa shape index (κ2) is 5.58. The van der Waals surface area contributed by atoms with E-state index in [1.165, 1.54) is 0 Å². The van der Waals surface area contributed by atoms with Crippen molar-refractivity contribution in [2.45, 2.75) is 44.7 Å². The third kappa shape index (κ3) is 2.74. The zero-order valence-corrected chi connectivity index (χ0v) is 12.5. The molecule has 1 saturated carbocycles. The summed E-state index contributed by atoms with van der Waals surface area (Å²) in [6.45, 7) is 2.01. The lowest BCUT2D eigenvalue weighted by Gasteiger charge is -2.27. The molecule has 0 spiro atoms. The van der Waals surface area contributed by atoms with Crippen molar-refractivity contribution in [1.82, 2.24) is 4.98 Å². The van der Waals surface area contributed by atoms with E-state index in [1.807, 2.05) is 19.1 Å². The lowest BCUT2D eigenvalue weighted by atomic mass is 9.92. The van der Waals surface area contributed by atoms with Gasteiger partial charge in [0.15, 0.2) is 0 Å². The van der Waals surface area contributed by atoms with Gasteiger partial charge in [-0.05, 0) is 50.3 Å². The van der Waals surface area contributed by atoms with Crippen molar-refractivity contribution in [2.75, 3.05) is 5.32 Å². The number of benzene rings is 1. The number of aryl methyl sites for hydroxylation is 1. The van der Waals surface area contributed by atoms with Crippen molar-refractivity contribution < 1.29 is 0 Å². The molecule has 20 heavy (non-hydrogen) atoms. The Labute approximate surface area is 124 Å². The average molecular weight is 290 g/mol. The minimum absolute atomic E-state index is 0.370. The van der Waals surface area contributed by atoms with E-state index in [1.54, 1.807) is 0 Å². The Hall–Kier alpha value is -1.32. The van der Waals surface area contributed by atoms with Crippen LogP contribution in [-0.2, 0) is 0 Å². The molecule has 1 aromatic carbocycles. The minimum atomic E-state index is 0.370. The lowest BCUT2D eigenvalue weighted by molar-refractivity contribution is 0.410. The van der Waals surface area contributed by atoms with Crippen LogP contribution < -0.4 is 11.1 Å². The SMILES string of the molecule is Cc1ccc2ccc(NC3CCC(N)CC3)nc2c1Cl. The lowest BCUT2D eigenvalue weighted by Crippen LogP contribution is -2.32. The van der Waals surface area contributed by atoms with Gasteiger partial charge in [-0.2, -0.15) is 0 Å². The van der Waals surface area contributed by atoms with E-state index >= 15 is 0 Å². The summed E-state index contributed by atoms with van der Waals surface area (Å²) in [7, 11) is 0. The summed E-state index contributed by atoms with van der Waals surface area (Å²) in [6.07, 6.45) is 4.40. The van der Waals surface area contributed by atoms with Crippen molar-refractivity contribution in [2.24, 2.45) is 5.73 Å². The summed E-state index contributed by atoms with van der Waals surface area (Å²) in [4.78, 5) is 4.67. The third-order valence-corrected chi connectivity index (χ3v) is 4.59. The fourth-order valence-corrected chi connectivity index (χ4v) is 3.02. The third-order valence-electron chi connectivity index (χ3n) is 4.12. The number of halogens is 1. The molecular formula is C16H20ClN3. The predicted molar refractivity (Wildman–Crippen MR) is 85.3 cm³/mol. The Morgan fingerprint density at radius 2 is 1.85 bits per heavy atom. The number of nitrogens with zero attached hydrogens (tertiary/aromatic N) is 1. The number of nitrogens with one attached hydrogen (secondary N) is 1. The summed E-state index contributed by atoms with van der Waals surface area (Å²) in [5, 5.41) is 5.34. The van der Waals surface area contributed by atoms with Crippen LogP contribution in [0, 0.1) is 6.92 Å². The fourth-order valence-electron chi connectivity index (χ4n) is 2.81. The summed E-state index contributed by atoms with van der Waals surface area (Å²) in [6, 6.07) is 9.04. The number of aromatic nitrogens is 1. The van der Waals surface area contributed by atoms with Gasteiger partial charge in [0.25, 0.3) is 0 Å². The van der Waals surface area contributed by atoms with E-state index in [0.29, 0.717) is 12.1 Å². The molecule has 106 valence electrons. The maximum absolute atomic E-state index is 6.35. The van der Waals surface area contributed by atoms with Crippen LogP contribution in [-0.4, -0.2) is 17.1 Å². The topological polar surface area (TPSA) is 50.9 Å². The van der Waals surface area contributed by atoms with Crippen LogP contribution in [0.4, 0.5) is 5.82 Å². The molecule has 0 amide bonds. The number of pyridine rings is 1. The number of anilines is 1. The summed E-state index contributed by atoms with van der Waals surface area (Å²) in [5.41, 5.74) is 7.88. The van der Waals surface area contributed by atoms with Crippen LogP contribution in [0.3, 0.4) is 0 Å². The molecule has 2 aromatic rings. The average Bonchev–Trinajstić information content (AvgIpc) is 2.46. The number of rotatable bonds is 2. The highest BCUT2D eigenvalue weighted by molar-refractivity contribution is 6.35. The normalized spacial score (nSPS) is 22.9. The standard InChI is InChI=1S/C16H20ClN3/c1-10-2-3-11-4-9-14(20-16(11)15(10)17)19-13-7-5-12(18)6-8-13/h2-4,9,12-13H,5-8,18H2,1H3,(H,19,20). The van der Waals surface area contributed by atoms with Crippen LogP contribution in [0.1, 0.15) is 31.2 Å². The summed E-state index contributed by atoms with van der Waals surface area (Å²) < 4.78 is 0. The van der Waals surface area contributed by atoms with Crippen LogP contribution in [0.15, 0.2) is 24.3 Å². The van der Waals surface area contributed by atoms with Crippen molar-refractivity contribution in [3.63, 3.8) is 0 Å². The quantitative estimate of drug-likeness (QED) is 0.882. The first-order valence-corrected chi connectivity index (χ1v) is 7.59. The Morgan fingerprint density at radius 1 is 1.15 bits per heavy atom. The van der Waals surface area contributed by atoms with Gasteiger partial charge < -0.3 is 11.1 Å². The fraction of sp³-hybridized carbons (Fsp3) is 0.438.